The Kier molecular flexibility index (Phi) is 10.1. The van der Waals surface area contributed by atoms with Crippen LogP contribution in [0.2, 0.25) is 0 Å². The van der Waals surface area contributed by atoms with Crippen LogP contribution >= 0.6 is 0 Å². The van der Waals surface area contributed by atoms with Gasteiger partial charge in [0.15, 0.2) is 18.9 Å². The van der Waals surface area contributed by atoms with Gasteiger partial charge in [-0.3, -0.25) is 0 Å². The predicted octanol–water partition coefficient (Wildman–Crippen LogP) is -6.92. The molecule has 0 radical (unpaired) electrons. The van der Waals surface area contributed by atoms with Gasteiger partial charge in [-0.05, 0) is 0 Å². The minimum atomic E-state index is -1.80. The van der Waals surface area contributed by atoms with Gasteiger partial charge in [-0.1, -0.05) is 0 Å². The van der Waals surface area contributed by atoms with E-state index < -0.39 is 112 Å². The standard InChI is InChI=1S/C19H34O16/c1-30-15-7(4-31-18-13(27)9(23)8(22)5(2-20)33-18)34-19(14(28)11(15)25)35-16-6(3-21)32-17(29)12(26)10(16)24/h5-29H,2-4H2,1H3/t5?,6?,7?,8-,9-,10+,11+,12?,13?,14?,15+,16+,17+,18-,19-/m0/s1. The molecule has 35 heavy (non-hydrogen) atoms. The maximum absolute atomic E-state index is 10.5. The molecule has 3 fully saturated rings. The summed E-state index contributed by atoms with van der Waals surface area (Å²) in [5.74, 6) is 0. The molecule has 16 nitrogen and oxygen atoms in total. The van der Waals surface area contributed by atoms with E-state index in [1.54, 1.807) is 0 Å². The van der Waals surface area contributed by atoms with Crippen molar-refractivity contribution < 1.29 is 79.5 Å². The smallest absolute Gasteiger partial charge is 0.187 e. The lowest BCUT2D eigenvalue weighted by Gasteiger charge is -2.46. The highest BCUT2D eigenvalue weighted by Crippen LogP contribution is 2.30. The fourth-order valence-electron chi connectivity index (χ4n) is 4.23. The van der Waals surface area contributed by atoms with Gasteiger partial charge < -0.3 is 79.5 Å². The molecule has 10 N–H and O–H groups in total. The highest BCUT2D eigenvalue weighted by molar-refractivity contribution is 4.95. The number of ether oxygens (including phenoxy) is 6. The first-order valence-electron chi connectivity index (χ1n) is 11.0. The summed E-state index contributed by atoms with van der Waals surface area (Å²) >= 11 is 0. The lowest BCUT2D eigenvalue weighted by Crippen LogP contribution is -2.65. The van der Waals surface area contributed by atoms with Crippen LogP contribution in [-0.4, -0.2) is 170 Å². The second-order valence-electron chi connectivity index (χ2n) is 8.58. The van der Waals surface area contributed by atoms with Gasteiger partial charge in [-0.25, -0.2) is 0 Å². The number of rotatable bonds is 8. The molecular weight excluding hydrogens is 484 g/mol. The topological polar surface area (TPSA) is 258 Å². The van der Waals surface area contributed by atoms with Crippen LogP contribution in [0.25, 0.3) is 0 Å². The van der Waals surface area contributed by atoms with Crippen LogP contribution in [-0.2, 0) is 28.4 Å². The summed E-state index contributed by atoms with van der Waals surface area (Å²) in [6.07, 6.45) is -23.3. The molecule has 3 aliphatic heterocycles. The molecule has 15 atom stereocenters. The van der Waals surface area contributed by atoms with Crippen molar-refractivity contribution in [1.29, 1.82) is 0 Å². The van der Waals surface area contributed by atoms with Gasteiger partial charge in [-0.2, -0.15) is 0 Å². The van der Waals surface area contributed by atoms with Gasteiger partial charge in [-0.15, -0.1) is 0 Å². The molecule has 0 aromatic rings. The van der Waals surface area contributed by atoms with Crippen LogP contribution < -0.4 is 0 Å². The maximum Gasteiger partial charge on any atom is 0.187 e. The van der Waals surface area contributed by atoms with E-state index >= 15 is 0 Å². The zero-order valence-electron chi connectivity index (χ0n) is 18.7. The number of methoxy groups -OCH3 is 1. The van der Waals surface area contributed by atoms with Crippen LogP contribution in [0.5, 0.6) is 0 Å². The molecule has 6 unspecified atom stereocenters. The van der Waals surface area contributed by atoms with E-state index in [4.69, 9.17) is 28.4 Å². The molecule has 16 heteroatoms. The number of hydrogen-bond donors (Lipinski definition) is 10. The monoisotopic (exact) mass is 518 g/mol. The number of hydrogen-bond acceptors (Lipinski definition) is 16. The van der Waals surface area contributed by atoms with E-state index in [-0.39, 0.29) is 0 Å². The first kappa shape index (κ1) is 28.9. The van der Waals surface area contributed by atoms with Crippen molar-refractivity contribution in [3.8, 4) is 0 Å². The van der Waals surface area contributed by atoms with Crippen LogP contribution in [0.1, 0.15) is 0 Å². The summed E-state index contributed by atoms with van der Waals surface area (Å²) in [6, 6.07) is 0. The van der Waals surface area contributed by atoms with Crippen LogP contribution in [0.3, 0.4) is 0 Å². The molecule has 0 aliphatic carbocycles. The van der Waals surface area contributed by atoms with Gasteiger partial charge in [0, 0.05) is 7.11 Å². The average Bonchev–Trinajstić information content (AvgIpc) is 2.85. The van der Waals surface area contributed by atoms with E-state index in [1.807, 2.05) is 0 Å². The molecule has 3 saturated heterocycles. The molecule has 3 aliphatic rings. The second-order valence-corrected chi connectivity index (χ2v) is 8.58. The zero-order valence-corrected chi connectivity index (χ0v) is 18.7. The van der Waals surface area contributed by atoms with Gasteiger partial charge in [0.25, 0.3) is 0 Å². The van der Waals surface area contributed by atoms with Gasteiger partial charge in [0.05, 0.1) is 19.8 Å². The van der Waals surface area contributed by atoms with Crippen molar-refractivity contribution in [1.82, 2.24) is 0 Å². The Balaban J connectivity index is 1.70. The Labute approximate surface area is 199 Å². The molecule has 0 saturated carbocycles. The lowest BCUT2D eigenvalue weighted by atomic mass is 9.96. The molecule has 0 bridgehead atoms. The van der Waals surface area contributed by atoms with Gasteiger partial charge in [0.2, 0.25) is 0 Å². The Morgan fingerprint density at radius 1 is 0.571 bits per heavy atom. The number of aliphatic hydroxyl groups is 10. The Morgan fingerprint density at radius 2 is 1.14 bits per heavy atom. The van der Waals surface area contributed by atoms with Crippen molar-refractivity contribution >= 4 is 0 Å². The Bertz CT molecular complexity index is 652. The third kappa shape index (κ3) is 5.93. The molecule has 0 amide bonds. The summed E-state index contributed by atoms with van der Waals surface area (Å²) < 4.78 is 32.0. The first-order valence-corrected chi connectivity index (χ1v) is 11.0. The van der Waals surface area contributed by atoms with E-state index in [2.05, 4.69) is 0 Å². The van der Waals surface area contributed by atoms with E-state index in [9.17, 15) is 51.1 Å². The van der Waals surface area contributed by atoms with E-state index in [0.717, 1.165) is 0 Å². The molecular formula is C19H34O16. The zero-order chi connectivity index (χ0) is 26.0. The highest BCUT2D eigenvalue weighted by atomic mass is 16.7. The van der Waals surface area contributed by atoms with Crippen LogP contribution in [0.4, 0.5) is 0 Å². The largest absolute Gasteiger partial charge is 0.394 e. The minimum absolute atomic E-state index is 0.473. The maximum atomic E-state index is 10.5. The Morgan fingerprint density at radius 3 is 1.74 bits per heavy atom. The highest BCUT2D eigenvalue weighted by Gasteiger charge is 2.51. The molecule has 206 valence electrons. The van der Waals surface area contributed by atoms with E-state index in [0.29, 0.717) is 0 Å². The summed E-state index contributed by atoms with van der Waals surface area (Å²) in [7, 11) is 1.21. The van der Waals surface area contributed by atoms with Gasteiger partial charge in [0.1, 0.15) is 73.2 Å². The normalized spacial score (nSPS) is 51.3. The fourth-order valence-corrected chi connectivity index (χ4v) is 4.23. The second kappa shape index (κ2) is 12.3. The third-order valence-electron chi connectivity index (χ3n) is 6.32. The molecule has 3 rings (SSSR count). The predicted molar refractivity (Wildman–Crippen MR) is 106 cm³/mol. The first-order chi connectivity index (χ1) is 16.5. The summed E-state index contributed by atoms with van der Waals surface area (Å²) in [5.41, 5.74) is 0. The summed E-state index contributed by atoms with van der Waals surface area (Å²) in [5, 5.41) is 99.5. The quantitative estimate of drug-likeness (QED) is 0.143. The SMILES string of the molecule is CO[C@@H]1C(CO[C@H]2OC(CO)[C@H](O)[C@H](O)C2O)O[C@@H](O[C@@H]2C(CO)O[C@@H](O)C(O)[C@H]2O)C(O)[C@H]1O. The van der Waals surface area contributed by atoms with Crippen molar-refractivity contribution in [3.05, 3.63) is 0 Å². The van der Waals surface area contributed by atoms with Crippen molar-refractivity contribution in [3.63, 3.8) is 0 Å². The molecule has 0 aromatic heterocycles. The number of aliphatic hydroxyl groups excluding tert-OH is 10. The van der Waals surface area contributed by atoms with Crippen LogP contribution in [0, 0.1) is 0 Å². The summed E-state index contributed by atoms with van der Waals surface area (Å²) in [6.45, 7) is -1.88. The third-order valence-corrected chi connectivity index (χ3v) is 6.32. The average molecular weight is 518 g/mol. The van der Waals surface area contributed by atoms with Crippen molar-refractivity contribution in [2.75, 3.05) is 26.9 Å². The minimum Gasteiger partial charge on any atom is -0.394 e. The van der Waals surface area contributed by atoms with Crippen LogP contribution in [0.15, 0.2) is 0 Å². The lowest BCUT2D eigenvalue weighted by molar-refractivity contribution is -0.363. The molecule has 0 aromatic carbocycles. The molecule has 3 heterocycles. The fraction of sp³-hybridized carbons (Fsp3) is 1.00. The summed E-state index contributed by atoms with van der Waals surface area (Å²) in [4.78, 5) is 0. The Hall–Kier alpha value is -0.640. The van der Waals surface area contributed by atoms with Crippen molar-refractivity contribution in [2.24, 2.45) is 0 Å². The van der Waals surface area contributed by atoms with Crippen molar-refractivity contribution in [2.45, 2.75) is 92.1 Å². The van der Waals surface area contributed by atoms with Gasteiger partial charge >= 0.3 is 0 Å². The molecule has 0 spiro atoms. The van der Waals surface area contributed by atoms with E-state index in [1.165, 1.54) is 7.11 Å².